The maximum Gasteiger partial charge on any atom is 0.129 e. The average molecular weight is 228 g/mol. The molecular weight excluding hydrogens is 210 g/mol. The lowest BCUT2D eigenvalue weighted by Crippen LogP contribution is -2.16. The third-order valence-corrected chi connectivity index (χ3v) is 2.38. The fourth-order valence-corrected chi connectivity index (χ4v) is 1.68. The molecular formula is C11H18ClN3. The Kier molecular flexibility index (Phi) is 5.40. The molecule has 1 rings (SSSR count). The Morgan fingerprint density at radius 1 is 1.47 bits per heavy atom. The molecule has 1 N–H and O–H groups in total. The second-order valence-electron chi connectivity index (χ2n) is 3.67. The molecule has 0 bridgehead atoms. The number of rotatable bonds is 6. The molecule has 1 aromatic heterocycles. The van der Waals surface area contributed by atoms with Crippen molar-refractivity contribution in [2.45, 2.75) is 39.2 Å². The summed E-state index contributed by atoms with van der Waals surface area (Å²) < 4.78 is 0. The molecule has 0 spiro atoms. The number of nitrogens with one attached hydrogen (secondary N) is 1. The van der Waals surface area contributed by atoms with Gasteiger partial charge in [0.15, 0.2) is 0 Å². The summed E-state index contributed by atoms with van der Waals surface area (Å²) in [5.41, 5.74) is 1.09. The lowest BCUT2D eigenvalue weighted by atomic mass is 10.2. The highest BCUT2D eigenvalue weighted by atomic mass is 35.5. The van der Waals surface area contributed by atoms with E-state index >= 15 is 0 Å². The number of hydrogen-bond acceptors (Lipinski definition) is 3. The summed E-state index contributed by atoms with van der Waals surface area (Å²) in [6, 6.07) is 2.36. The number of aryl methyl sites for hydroxylation is 1. The maximum absolute atomic E-state index is 5.67. The van der Waals surface area contributed by atoms with Gasteiger partial charge in [0.2, 0.25) is 0 Å². The highest BCUT2D eigenvalue weighted by molar-refractivity contribution is 6.17. The fraction of sp³-hybridized carbons (Fsp3) is 0.636. The molecule has 0 saturated carbocycles. The SMILES string of the molecule is CCCc1cc(NC(C)CCCl)ncn1. The predicted octanol–water partition coefficient (Wildman–Crippen LogP) is 2.86. The monoisotopic (exact) mass is 227 g/mol. The first-order chi connectivity index (χ1) is 7.26. The van der Waals surface area contributed by atoms with E-state index in [2.05, 4.69) is 29.1 Å². The topological polar surface area (TPSA) is 37.8 Å². The standard InChI is InChI=1S/C11H18ClN3/c1-3-4-10-7-11(14-8-13-10)15-9(2)5-6-12/h7-9H,3-6H2,1-2H3,(H,13,14,15). The van der Waals surface area contributed by atoms with Crippen molar-refractivity contribution in [3.05, 3.63) is 18.1 Å². The van der Waals surface area contributed by atoms with Crippen molar-refractivity contribution in [1.29, 1.82) is 0 Å². The van der Waals surface area contributed by atoms with E-state index in [0.717, 1.165) is 30.8 Å². The summed E-state index contributed by atoms with van der Waals surface area (Å²) in [7, 11) is 0. The summed E-state index contributed by atoms with van der Waals surface area (Å²) in [5.74, 6) is 1.56. The van der Waals surface area contributed by atoms with Gasteiger partial charge < -0.3 is 5.32 Å². The van der Waals surface area contributed by atoms with Gasteiger partial charge in [-0.1, -0.05) is 13.3 Å². The van der Waals surface area contributed by atoms with E-state index in [0.29, 0.717) is 11.9 Å². The van der Waals surface area contributed by atoms with E-state index in [1.807, 2.05) is 6.07 Å². The quantitative estimate of drug-likeness (QED) is 0.760. The highest BCUT2D eigenvalue weighted by Gasteiger charge is 2.03. The van der Waals surface area contributed by atoms with E-state index in [9.17, 15) is 0 Å². The molecule has 1 atom stereocenters. The zero-order valence-electron chi connectivity index (χ0n) is 9.33. The van der Waals surface area contributed by atoms with Gasteiger partial charge >= 0.3 is 0 Å². The number of alkyl halides is 1. The molecule has 84 valence electrons. The van der Waals surface area contributed by atoms with Crippen LogP contribution in [0.4, 0.5) is 5.82 Å². The first-order valence-corrected chi connectivity index (χ1v) is 5.93. The van der Waals surface area contributed by atoms with E-state index < -0.39 is 0 Å². The molecule has 0 fully saturated rings. The van der Waals surface area contributed by atoms with Crippen molar-refractivity contribution in [3.63, 3.8) is 0 Å². The number of aromatic nitrogens is 2. The molecule has 4 heteroatoms. The van der Waals surface area contributed by atoms with Crippen LogP contribution in [-0.2, 0) is 6.42 Å². The molecule has 1 aromatic rings. The van der Waals surface area contributed by atoms with Crippen molar-refractivity contribution >= 4 is 17.4 Å². The van der Waals surface area contributed by atoms with Crippen molar-refractivity contribution in [3.8, 4) is 0 Å². The van der Waals surface area contributed by atoms with E-state index in [4.69, 9.17) is 11.6 Å². The minimum absolute atomic E-state index is 0.354. The molecule has 15 heavy (non-hydrogen) atoms. The maximum atomic E-state index is 5.67. The Balaban J connectivity index is 2.56. The van der Waals surface area contributed by atoms with Gasteiger partial charge in [-0.3, -0.25) is 0 Å². The van der Waals surface area contributed by atoms with Gasteiger partial charge in [-0.2, -0.15) is 0 Å². The zero-order chi connectivity index (χ0) is 11.1. The minimum Gasteiger partial charge on any atom is -0.367 e. The molecule has 0 radical (unpaired) electrons. The van der Waals surface area contributed by atoms with Crippen molar-refractivity contribution in [2.75, 3.05) is 11.2 Å². The molecule has 0 amide bonds. The normalized spacial score (nSPS) is 12.5. The lowest BCUT2D eigenvalue weighted by molar-refractivity contribution is 0.760. The van der Waals surface area contributed by atoms with Gasteiger partial charge in [-0.25, -0.2) is 9.97 Å². The number of hydrogen-bond donors (Lipinski definition) is 1. The van der Waals surface area contributed by atoms with Crippen LogP contribution in [0.5, 0.6) is 0 Å². The minimum atomic E-state index is 0.354. The second-order valence-corrected chi connectivity index (χ2v) is 4.05. The van der Waals surface area contributed by atoms with Crippen LogP contribution >= 0.6 is 11.6 Å². The van der Waals surface area contributed by atoms with E-state index in [1.165, 1.54) is 0 Å². The first-order valence-electron chi connectivity index (χ1n) is 5.39. The molecule has 1 heterocycles. The Morgan fingerprint density at radius 2 is 2.27 bits per heavy atom. The van der Waals surface area contributed by atoms with Crippen LogP contribution in [0.2, 0.25) is 0 Å². The van der Waals surface area contributed by atoms with Crippen LogP contribution in [0, 0.1) is 0 Å². The Hall–Kier alpha value is -0.830. The summed E-state index contributed by atoms with van der Waals surface area (Å²) in [4.78, 5) is 8.38. The molecule has 0 aliphatic carbocycles. The lowest BCUT2D eigenvalue weighted by Gasteiger charge is -2.13. The Labute approximate surface area is 96.3 Å². The zero-order valence-corrected chi connectivity index (χ0v) is 10.1. The van der Waals surface area contributed by atoms with E-state index in [1.54, 1.807) is 6.33 Å². The highest BCUT2D eigenvalue weighted by Crippen LogP contribution is 2.08. The summed E-state index contributed by atoms with van der Waals surface area (Å²) in [6.45, 7) is 4.25. The number of halogens is 1. The summed E-state index contributed by atoms with van der Waals surface area (Å²) in [5, 5.41) is 3.31. The van der Waals surface area contributed by atoms with Gasteiger partial charge in [0.05, 0.1) is 0 Å². The average Bonchev–Trinajstić information content (AvgIpc) is 2.19. The molecule has 0 aromatic carbocycles. The van der Waals surface area contributed by atoms with Gasteiger partial charge in [-0.15, -0.1) is 11.6 Å². The summed E-state index contributed by atoms with van der Waals surface area (Å²) in [6.07, 6.45) is 4.66. The largest absolute Gasteiger partial charge is 0.367 e. The molecule has 3 nitrogen and oxygen atoms in total. The third kappa shape index (κ3) is 4.47. The van der Waals surface area contributed by atoms with Gasteiger partial charge in [-0.05, 0) is 19.8 Å². The van der Waals surface area contributed by atoms with Crippen LogP contribution in [0.15, 0.2) is 12.4 Å². The van der Waals surface area contributed by atoms with Crippen molar-refractivity contribution in [2.24, 2.45) is 0 Å². The van der Waals surface area contributed by atoms with Crippen LogP contribution in [0.3, 0.4) is 0 Å². The molecule has 0 aliphatic heterocycles. The van der Waals surface area contributed by atoms with Gasteiger partial charge in [0.1, 0.15) is 12.1 Å². The molecule has 1 unspecified atom stereocenters. The Bertz CT molecular complexity index is 291. The first kappa shape index (κ1) is 12.2. The van der Waals surface area contributed by atoms with Crippen LogP contribution in [0.1, 0.15) is 32.4 Å². The van der Waals surface area contributed by atoms with Gasteiger partial charge in [0.25, 0.3) is 0 Å². The number of nitrogens with zero attached hydrogens (tertiary/aromatic N) is 2. The van der Waals surface area contributed by atoms with Crippen LogP contribution < -0.4 is 5.32 Å². The summed E-state index contributed by atoms with van der Waals surface area (Å²) >= 11 is 5.67. The van der Waals surface area contributed by atoms with Crippen molar-refractivity contribution < 1.29 is 0 Å². The van der Waals surface area contributed by atoms with Gasteiger partial charge in [0, 0.05) is 23.7 Å². The van der Waals surface area contributed by atoms with Crippen LogP contribution in [0.25, 0.3) is 0 Å². The molecule has 0 saturated heterocycles. The fourth-order valence-electron chi connectivity index (χ4n) is 1.36. The van der Waals surface area contributed by atoms with Crippen molar-refractivity contribution in [1.82, 2.24) is 9.97 Å². The second kappa shape index (κ2) is 6.62. The van der Waals surface area contributed by atoms with E-state index in [-0.39, 0.29) is 0 Å². The van der Waals surface area contributed by atoms with Crippen LogP contribution in [-0.4, -0.2) is 21.9 Å². The number of anilines is 1. The smallest absolute Gasteiger partial charge is 0.129 e. The predicted molar refractivity (Wildman–Crippen MR) is 64.4 cm³/mol. The third-order valence-electron chi connectivity index (χ3n) is 2.17. The molecule has 0 aliphatic rings. The Morgan fingerprint density at radius 3 is 2.93 bits per heavy atom.